The predicted molar refractivity (Wildman–Crippen MR) is 93.6 cm³/mol. The minimum atomic E-state index is -2.02. The third kappa shape index (κ3) is 4.23. The Bertz CT molecular complexity index is 909. The Morgan fingerprint density at radius 2 is 1.96 bits per heavy atom. The molecule has 1 atom stereocenters. The largest absolute Gasteiger partial charge is 0.491 e. The molecule has 2 aromatic carbocycles. The van der Waals surface area contributed by atoms with Crippen molar-refractivity contribution in [3.8, 4) is 5.75 Å². The molecule has 150 valence electrons. The third-order valence-electron chi connectivity index (χ3n) is 4.32. The van der Waals surface area contributed by atoms with Crippen LogP contribution in [0.4, 0.5) is 17.6 Å². The zero-order chi connectivity index (χ0) is 20.4. The van der Waals surface area contributed by atoms with Crippen molar-refractivity contribution in [2.75, 3.05) is 26.3 Å². The summed E-state index contributed by atoms with van der Waals surface area (Å²) in [5.74, 6) is -7.72. The topological polar surface area (TPSA) is 38.8 Å². The van der Waals surface area contributed by atoms with Gasteiger partial charge in [-0.25, -0.2) is 17.6 Å². The summed E-state index contributed by atoms with van der Waals surface area (Å²) in [5, 5.41) is 0.596. The molecule has 9 heteroatoms. The van der Waals surface area contributed by atoms with Gasteiger partial charge in [0.25, 0.3) is 5.91 Å². The average Bonchev–Trinajstić information content (AvgIpc) is 2.69. The van der Waals surface area contributed by atoms with Gasteiger partial charge in [0.15, 0.2) is 23.3 Å². The molecule has 3 rings (SSSR count). The Kier molecular flexibility index (Phi) is 6.10. The highest BCUT2D eigenvalue weighted by Gasteiger charge is 2.30. The van der Waals surface area contributed by atoms with Crippen molar-refractivity contribution in [2.24, 2.45) is 0 Å². The second-order valence-electron chi connectivity index (χ2n) is 6.31. The molecule has 0 N–H and O–H groups in total. The number of morpholine rings is 1. The molecule has 1 fully saturated rings. The van der Waals surface area contributed by atoms with E-state index in [4.69, 9.17) is 21.1 Å². The first-order valence-electron chi connectivity index (χ1n) is 8.40. The van der Waals surface area contributed by atoms with Crippen molar-refractivity contribution in [1.29, 1.82) is 0 Å². The van der Waals surface area contributed by atoms with Crippen LogP contribution in [0, 0.1) is 30.2 Å². The minimum absolute atomic E-state index is 0.0193. The van der Waals surface area contributed by atoms with Gasteiger partial charge in [0.1, 0.15) is 18.5 Å². The molecule has 2 aromatic rings. The molecule has 0 aliphatic carbocycles. The maximum atomic E-state index is 13.9. The van der Waals surface area contributed by atoms with Crippen LogP contribution in [0.2, 0.25) is 5.02 Å². The van der Waals surface area contributed by atoms with Crippen LogP contribution in [-0.4, -0.2) is 43.2 Å². The number of nitrogens with zero attached hydrogens (tertiary/aromatic N) is 1. The highest BCUT2D eigenvalue weighted by atomic mass is 35.5. The molecule has 0 saturated carbocycles. The highest BCUT2D eigenvalue weighted by molar-refractivity contribution is 6.31. The van der Waals surface area contributed by atoms with Crippen LogP contribution in [0.1, 0.15) is 15.9 Å². The Hall–Kier alpha value is -2.32. The summed E-state index contributed by atoms with van der Waals surface area (Å²) in [6.45, 7) is 2.16. The van der Waals surface area contributed by atoms with Gasteiger partial charge in [0.05, 0.1) is 18.7 Å². The van der Waals surface area contributed by atoms with E-state index in [0.29, 0.717) is 16.8 Å². The number of carbonyl (C=O) groups excluding carboxylic acids is 1. The molecule has 0 spiro atoms. The molecule has 1 aliphatic rings. The highest BCUT2D eigenvalue weighted by Crippen LogP contribution is 2.23. The van der Waals surface area contributed by atoms with Crippen LogP contribution in [0.15, 0.2) is 24.3 Å². The Balaban J connectivity index is 1.67. The fraction of sp³-hybridized carbons (Fsp3) is 0.316. The second-order valence-corrected chi connectivity index (χ2v) is 6.72. The van der Waals surface area contributed by atoms with Gasteiger partial charge in [-0.15, -0.1) is 0 Å². The van der Waals surface area contributed by atoms with E-state index < -0.39 is 40.8 Å². The smallest absolute Gasteiger partial charge is 0.257 e. The molecule has 1 aliphatic heterocycles. The second kappa shape index (κ2) is 8.36. The zero-order valence-electron chi connectivity index (χ0n) is 14.8. The normalized spacial score (nSPS) is 16.9. The summed E-state index contributed by atoms with van der Waals surface area (Å²) in [5.41, 5.74) is -0.0392. The van der Waals surface area contributed by atoms with Gasteiger partial charge in [-0.05, 0) is 36.8 Å². The van der Waals surface area contributed by atoms with Crippen molar-refractivity contribution in [3.63, 3.8) is 0 Å². The van der Waals surface area contributed by atoms with Gasteiger partial charge < -0.3 is 14.4 Å². The van der Waals surface area contributed by atoms with E-state index in [-0.39, 0.29) is 26.3 Å². The number of aryl methyl sites for hydroxylation is 1. The van der Waals surface area contributed by atoms with E-state index in [2.05, 4.69) is 0 Å². The van der Waals surface area contributed by atoms with Gasteiger partial charge in [0.2, 0.25) is 0 Å². The number of benzene rings is 2. The van der Waals surface area contributed by atoms with Gasteiger partial charge >= 0.3 is 0 Å². The molecule has 1 amide bonds. The summed E-state index contributed by atoms with van der Waals surface area (Å²) in [7, 11) is 0. The number of halogens is 5. The summed E-state index contributed by atoms with van der Waals surface area (Å²) >= 11 is 5.95. The van der Waals surface area contributed by atoms with E-state index in [1.807, 2.05) is 6.92 Å². The molecule has 0 bridgehead atoms. The molecular weight excluding hydrogens is 402 g/mol. The van der Waals surface area contributed by atoms with Crippen molar-refractivity contribution in [3.05, 3.63) is 63.7 Å². The van der Waals surface area contributed by atoms with Crippen molar-refractivity contribution >= 4 is 17.5 Å². The molecule has 0 radical (unpaired) electrons. The van der Waals surface area contributed by atoms with Gasteiger partial charge in [-0.2, -0.15) is 0 Å². The van der Waals surface area contributed by atoms with E-state index in [0.717, 1.165) is 5.56 Å². The quantitative estimate of drug-likeness (QED) is 0.426. The lowest BCUT2D eigenvalue weighted by molar-refractivity contribution is -0.0402. The van der Waals surface area contributed by atoms with Crippen molar-refractivity contribution < 1.29 is 31.8 Å². The molecule has 4 nitrogen and oxygen atoms in total. The van der Waals surface area contributed by atoms with Crippen LogP contribution < -0.4 is 4.74 Å². The predicted octanol–water partition coefficient (Wildman–Crippen LogP) is 4.12. The van der Waals surface area contributed by atoms with Gasteiger partial charge in [-0.1, -0.05) is 11.6 Å². The van der Waals surface area contributed by atoms with E-state index >= 15 is 0 Å². The number of hydrogen-bond donors (Lipinski definition) is 0. The van der Waals surface area contributed by atoms with Crippen LogP contribution in [0.5, 0.6) is 5.75 Å². The molecular formula is C19H16ClF4NO3. The maximum Gasteiger partial charge on any atom is 0.257 e. The third-order valence-corrected chi connectivity index (χ3v) is 4.75. The molecule has 0 aromatic heterocycles. The molecule has 1 heterocycles. The van der Waals surface area contributed by atoms with Gasteiger partial charge in [0, 0.05) is 11.6 Å². The molecule has 28 heavy (non-hydrogen) atoms. The lowest BCUT2D eigenvalue weighted by Gasteiger charge is -2.33. The van der Waals surface area contributed by atoms with Crippen LogP contribution in [-0.2, 0) is 4.74 Å². The molecule has 1 unspecified atom stereocenters. The molecule has 1 saturated heterocycles. The SMILES string of the molecule is Cc1cc(OCC2CN(C(=O)c3cc(F)c(F)c(F)c3F)CCO2)ccc1Cl. The first-order valence-corrected chi connectivity index (χ1v) is 8.78. The number of rotatable bonds is 4. The monoisotopic (exact) mass is 417 g/mol. The Morgan fingerprint density at radius 3 is 2.68 bits per heavy atom. The lowest BCUT2D eigenvalue weighted by Crippen LogP contribution is -2.48. The van der Waals surface area contributed by atoms with Crippen LogP contribution >= 0.6 is 11.6 Å². The summed E-state index contributed by atoms with van der Waals surface area (Å²) in [6, 6.07) is 5.46. The Labute approximate surface area is 163 Å². The first-order chi connectivity index (χ1) is 13.3. The van der Waals surface area contributed by atoms with E-state index in [9.17, 15) is 22.4 Å². The van der Waals surface area contributed by atoms with E-state index in [1.54, 1.807) is 18.2 Å². The first kappa shape index (κ1) is 20.4. The maximum absolute atomic E-state index is 13.9. The van der Waals surface area contributed by atoms with Crippen molar-refractivity contribution in [1.82, 2.24) is 4.90 Å². The standard InChI is InChI=1S/C19H16ClF4NO3/c1-10-6-11(2-3-14(10)20)28-9-12-8-25(4-5-27-12)19(26)13-7-15(21)17(23)18(24)16(13)22/h2-3,6-7,12H,4-5,8-9H2,1H3. The van der Waals surface area contributed by atoms with E-state index in [1.165, 1.54) is 4.90 Å². The van der Waals surface area contributed by atoms with Crippen LogP contribution in [0.3, 0.4) is 0 Å². The Morgan fingerprint density at radius 1 is 1.21 bits per heavy atom. The summed E-state index contributed by atoms with van der Waals surface area (Å²) in [6.07, 6.45) is -0.535. The van der Waals surface area contributed by atoms with Crippen LogP contribution in [0.25, 0.3) is 0 Å². The number of amides is 1. The number of carbonyl (C=O) groups is 1. The summed E-state index contributed by atoms with van der Waals surface area (Å²) < 4.78 is 64.9. The minimum Gasteiger partial charge on any atom is -0.491 e. The summed E-state index contributed by atoms with van der Waals surface area (Å²) in [4.78, 5) is 13.6. The van der Waals surface area contributed by atoms with Gasteiger partial charge in [-0.3, -0.25) is 4.79 Å². The number of ether oxygens (including phenoxy) is 2. The lowest BCUT2D eigenvalue weighted by atomic mass is 10.1. The average molecular weight is 418 g/mol. The van der Waals surface area contributed by atoms with Crippen molar-refractivity contribution in [2.45, 2.75) is 13.0 Å². The fourth-order valence-corrected chi connectivity index (χ4v) is 2.92. The number of hydrogen-bond acceptors (Lipinski definition) is 3. The zero-order valence-corrected chi connectivity index (χ0v) is 15.5. The fourth-order valence-electron chi connectivity index (χ4n) is 2.80.